The summed E-state index contributed by atoms with van der Waals surface area (Å²) in [5.41, 5.74) is 5.72. The summed E-state index contributed by atoms with van der Waals surface area (Å²) in [5.74, 6) is 0.695. The number of nitrogens with zero attached hydrogens (tertiary/aromatic N) is 3. The second kappa shape index (κ2) is 6.85. The first-order valence-electron chi connectivity index (χ1n) is 6.62. The Hall–Kier alpha value is -2.15. The number of furan rings is 1. The van der Waals surface area contributed by atoms with Gasteiger partial charge in [0.2, 0.25) is 0 Å². The second-order valence-corrected chi connectivity index (χ2v) is 4.65. The van der Waals surface area contributed by atoms with Gasteiger partial charge >= 0.3 is 0 Å². The average Bonchev–Trinajstić information content (AvgIpc) is 3.08. The van der Waals surface area contributed by atoms with Crippen LogP contribution in [-0.2, 0) is 13.0 Å². The molecule has 1 amide bonds. The van der Waals surface area contributed by atoms with E-state index in [0.29, 0.717) is 18.8 Å². The van der Waals surface area contributed by atoms with E-state index < -0.39 is 0 Å². The van der Waals surface area contributed by atoms with Gasteiger partial charge in [0, 0.05) is 19.0 Å². The highest BCUT2D eigenvalue weighted by atomic mass is 16.3. The third-order valence-electron chi connectivity index (χ3n) is 2.91. The zero-order valence-corrected chi connectivity index (χ0v) is 11.5. The van der Waals surface area contributed by atoms with Crippen LogP contribution in [-0.4, -0.2) is 33.5 Å². The Balaban J connectivity index is 1.80. The molecule has 0 spiro atoms. The lowest BCUT2D eigenvalue weighted by Crippen LogP contribution is -2.33. The number of amides is 1. The molecule has 2 rings (SSSR count). The van der Waals surface area contributed by atoms with Crippen molar-refractivity contribution < 1.29 is 9.21 Å². The minimum absolute atomic E-state index is 0.0345. The fourth-order valence-corrected chi connectivity index (χ4v) is 1.83. The maximum absolute atomic E-state index is 12.0. The highest BCUT2D eigenvalue weighted by Crippen LogP contribution is 2.06. The number of carbonyl (C=O) groups excluding carboxylic acids is 1. The average molecular weight is 277 g/mol. The zero-order chi connectivity index (χ0) is 14.4. The largest absolute Gasteiger partial charge is 0.469 e. The number of hydrogen-bond donors (Lipinski definition) is 2. The van der Waals surface area contributed by atoms with Gasteiger partial charge in [-0.2, -0.15) is 0 Å². The Morgan fingerprint density at radius 2 is 2.45 bits per heavy atom. The second-order valence-electron chi connectivity index (χ2n) is 4.65. The molecule has 0 saturated heterocycles. The van der Waals surface area contributed by atoms with Crippen LogP contribution in [0.15, 0.2) is 29.0 Å². The first-order chi connectivity index (χ1) is 9.69. The van der Waals surface area contributed by atoms with Gasteiger partial charge in [0.05, 0.1) is 19.0 Å². The molecule has 0 fully saturated rings. The molecule has 2 heterocycles. The number of carbonyl (C=O) groups is 1. The Kier molecular flexibility index (Phi) is 4.89. The van der Waals surface area contributed by atoms with Crippen molar-refractivity contribution in [1.29, 1.82) is 0 Å². The number of aryl methyl sites for hydroxylation is 1. The first kappa shape index (κ1) is 14.3. The molecule has 20 heavy (non-hydrogen) atoms. The van der Waals surface area contributed by atoms with E-state index >= 15 is 0 Å². The van der Waals surface area contributed by atoms with Gasteiger partial charge in [0.15, 0.2) is 5.69 Å². The minimum atomic E-state index is -0.222. The molecule has 0 aliphatic rings. The molecule has 3 N–H and O–H groups in total. The highest BCUT2D eigenvalue weighted by Gasteiger charge is 2.13. The van der Waals surface area contributed by atoms with Crippen LogP contribution in [0.4, 0.5) is 0 Å². The molecule has 7 heteroatoms. The topological polar surface area (TPSA) is 99.0 Å². The molecule has 2 aromatic rings. The van der Waals surface area contributed by atoms with Crippen LogP contribution in [0.5, 0.6) is 0 Å². The molecule has 0 bridgehead atoms. The molecule has 7 nitrogen and oxygen atoms in total. The first-order valence-corrected chi connectivity index (χ1v) is 6.62. The van der Waals surface area contributed by atoms with Gasteiger partial charge in [0.1, 0.15) is 5.76 Å². The Bertz CT molecular complexity index is 535. The van der Waals surface area contributed by atoms with Crippen LogP contribution in [0.1, 0.15) is 29.6 Å². The standard InChI is InChI=1S/C13H19N5O2/c1-10(4-5-11-3-2-8-20-11)15-13(19)12-9-18(7-6-14)17-16-12/h2-3,8-10H,4-7,14H2,1H3,(H,15,19). The van der Waals surface area contributed by atoms with E-state index in [4.69, 9.17) is 10.2 Å². The molecular formula is C13H19N5O2. The van der Waals surface area contributed by atoms with Gasteiger partial charge < -0.3 is 15.5 Å². The van der Waals surface area contributed by atoms with Crippen LogP contribution in [0.2, 0.25) is 0 Å². The zero-order valence-electron chi connectivity index (χ0n) is 11.5. The number of aromatic nitrogens is 3. The van der Waals surface area contributed by atoms with Gasteiger partial charge in [-0.1, -0.05) is 5.21 Å². The molecule has 0 aliphatic heterocycles. The van der Waals surface area contributed by atoms with Crippen molar-refractivity contribution in [2.45, 2.75) is 32.4 Å². The lowest BCUT2D eigenvalue weighted by Gasteiger charge is -2.11. The summed E-state index contributed by atoms with van der Waals surface area (Å²) < 4.78 is 6.81. The molecule has 0 aromatic carbocycles. The summed E-state index contributed by atoms with van der Waals surface area (Å²) in [5, 5.41) is 10.5. The maximum Gasteiger partial charge on any atom is 0.273 e. The fraction of sp³-hybridized carbons (Fsp3) is 0.462. The predicted molar refractivity (Wildman–Crippen MR) is 73.0 cm³/mol. The Labute approximate surface area is 117 Å². The molecule has 1 unspecified atom stereocenters. The van der Waals surface area contributed by atoms with Gasteiger partial charge in [-0.3, -0.25) is 9.48 Å². The van der Waals surface area contributed by atoms with Crippen LogP contribution >= 0.6 is 0 Å². The Morgan fingerprint density at radius 3 is 3.15 bits per heavy atom. The molecule has 0 saturated carbocycles. The minimum Gasteiger partial charge on any atom is -0.469 e. The predicted octanol–water partition coefficient (Wildman–Crippen LogP) is 0.581. The molecule has 2 aromatic heterocycles. The molecule has 1 atom stereocenters. The van der Waals surface area contributed by atoms with E-state index in [2.05, 4.69) is 15.6 Å². The molecule has 0 radical (unpaired) electrons. The van der Waals surface area contributed by atoms with Crippen molar-refractivity contribution in [3.8, 4) is 0 Å². The summed E-state index contributed by atoms with van der Waals surface area (Å²) in [7, 11) is 0. The van der Waals surface area contributed by atoms with Gasteiger partial charge in [0.25, 0.3) is 5.91 Å². The van der Waals surface area contributed by atoms with Crippen LogP contribution in [0.3, 0.4) is 0 Å². The van der Waals surface area contributed by atoms with E-state index in [-0.39, 0.29) is 11.9 Å². The molecule has 108 valence electrons. The van der Waals surface area contributed by atoms with Crippen molar-refractivity contribution >= 4 is 5.91 Å². The maximum atomic E-state index is 12.0. The van der Waals surface area contributed by atoms with E-state index in [1.54, 1.807) is 17.1 Å². The fourth-order valence-electron chi connectivity index (χ4n) is 1.83. The van der Waals surface area contributed by atoms with Crippen molar-refractivity contribution in [2.75, 3.05) is 6.54 Å². The van der Waals surface area contributed by atoms with Crippen molar-refractivity contribution in [2.24, 2.45) is 5.73 Å². The van der Waals surface area contributed by atoms with E-state index in [1.807, 2.05) is 19.1 Å². The summed E-state index contributed by atoms with van der Waals surface area (Å²) in [6.07, 6.45) is 4.83. The highest BCUT2D eigenvalue weighted by molar-refractivity contribution is 5.92. The Morgan fingerprint density at radius 1 is 1.60 bits per heavy atom. The lowest BCUT2D eigenvalue weighted by molar-refractivity contribution is 0.0933. The number of nitrogens with one attached hydrogen (secondary N) is 1. The molecular weight excluding hydrogens is 258 g/mol. The van der Waals surface area contributed by atoms with Crippen molar-refractivity contribution in [3.05, 3.63) is 36.0 Å². The van der Waals surface area contributed by atoms with Crippen LogP contribution in [0.25, 0.3) is 0 Å². The van der Waals surface area contributed by atoms with Gasteiger partial charge in [-0.25, -0.2) is 0 Å². The number of rotatable bonds is 7. The van der Waals surface area contributed by atoms with E-state index in [1.165, 1.54) is 0 Å². The van der Waals surface area contributed by atoms with Crippen LogP contribution in [0, 0.1) is 0 Å². The van der Waals surface area contributed by atoms with Gasteiger partial charge in [-0.05, 0) is 25.5 Å². The van der Waals surface area contributed by atoms with Crippen molar-refractivity contribution in [1.82, 2.24) is 20.3 Å². The smallest absolute Gasteiger partial charge is 0.273 e. The van der Waals surface area contributed by atoms with E-state index in [0.717, 1.165) is 18.6 Å². The van der Waals surface area contributed by atoms with Crippen molar-refractivity contribution in [3.63, 3.8) is 0 Å². The number of nitrogens with two attached hydrogens (primary N) is 1. The quantitative estimate of drug-likeness (QED) is 0.771. The normalized spacial score (nSPS) is 12.3. The lowest BCUT2D eigenvalue weighted by atomic mass is 10.1. The summed E-state index contributed by atoms with van der Waals surface area (Å²) in [4.78, 5) is 12.0. The monoisotopic (exact) mass is 277 g/mol. The summed E-state index contributed by atoms with van der Waals surface area (Å²) in [6.45, 7) is 2.96. The molecule has 0 aliphatic carbocycles. The third-order valence-corrected chi connectivity index (χ3v) is 2.91. The summed E-state index contributed by atoms with van der Waals surface area (Å²) in [6, 6.07) is 3.81. The van der Waals surface area contributed by atoms with Gasteiger partial charge in [-0.15, -0.1) is 5.10 Å². The summed E-state index contributed by atoms with van der Waals surface area (Å²) >= 11 is 0. The number of hydrogen-bond acceptors (Lipinski definition) is 5. The third kappa shape index (κ3) is 3.92. The van der Waals surface area contributed by atoms with E-state index in [9.17, 15) is 4.79 Å². The van der Waals surface area contributed by atoms with Crippen LogP contribution < -0.4 is 11.1 Å². The SMILES string of the molecule is CC(CCc1ccco1)NC(=O)c1cn(CCN)nn1.